The number of aromatic amines is 1. The van der Waals surface area contributed by atoms with Crippen molar-refractivity contribution in [2.75, 3.05) is 5.32 Å². The molecule has 0 aliphatic carbocycles. The zero-order chi connectivity index (χ0) is 17.6. The van der Waals surface area contributed by atoms with Gasteiger partial charge in [-0.05, 0) is 43.7 Å². The van der Waals surface area contributed by atoms with Crippen LogP contribution in [-0.4, -0.2) is 15.9 Å². The number of halogens is 1. The average molecular weight is 370 g/mol. The Labute approximate surface area is 153 Å². The molecule has 2 heterocycles. The predicted molar refractivity (Wildman–Crippen MR) is 105 cm³/mol. The lowest BCUT2D eigenvalue weighted by molar-refractivity contribution is -0.117. The minimum atomic E-state index is -0.274. The van der Waals surface area contributed by atoms with Gasteiger partial charge in [0.05, 0.1) is 5.92 Å². The van der Waals surface area contributed by atoms with Crippen LogP contribution in [0.15, 0.2) is 42.6 Å². The lowest BCUT2D eigenvalue weighted by Gasteiger charge is -2.11. The van der Waals surface area contributed by atoms with Crippen molar-refractivity contribution in [3.05, 3.63) is 58.1 Å². The minimum Gasteiger partial charge on any atom is -0.355 e. The van der Waals surface area contributed by atoms with Crippen molar-refractivity contribution in [3.8, 4) is 0 Å². The summed E-state index contributed by atoms with van der Waals surface area (Å²) in [5.41, 5.74) is 2.99. The fraction of sp³-hybridized carbons (Fsp3) is 0.158. The Balaban J connectivity index is 1.66. The van der Waals surface area contributed by atoms with E-state index in [1.54, 1.807) is 6.20 Å². The summed E-state index contributed by atoms with van der Waals surface area (Å²) in [7, 11) is 0. The first-order valence-electron chi connectivity index (χ1n) is 7.95. The summed E-state index contributed by atoms with van der Waals surface area (Å²) >= 11 is 7.58. The number of aromatic nitrogens is 2. The topological polar surface area (TPSA) is 57.8 Å². The van der Waals surface area contributed by atoms with Crippen LogP contribution in [0.5, 0.6) is 0 Å². The molecule has 4 rings (SSSR count). The van der Waals surface area contributed by atoms with E-state index in [-0.39, 0.29) is 11.8 Å². The van der Waals surface area contributed by atoms with E-state index in [1.807, 2.05) is 50.2 Å². The maximum Gasteiger partial charge on any atom is 0.233 e. The van der Waals surface area contributed by atoms with Crippen molar-refractivity contribution in [3.63, 3.8) is 0 Å². The second-order valence-corrected chi connectivity index (χ2v) is 7.78. The van der Waals surface area contributed by atoms with Crippen molar-refractivity contribution in [1.82, 2.24) is 9.97 Å². The van der Waals surface area contributed by atoms with E-state index in [1.165, 1.54) is 11.3 Å². The van der Waals surface area contributed by atoms with Crippen molar-refractivity contribution >= 4 is 55.8 Å². The molecule has 0 spiro atoms. The highest BCUT2D eigenvalue weighted by atomic mass is 35.5. The van der Waals surface area contributed by atoms with Gasteiger partial charge in [0.1, 0.15) is 0 Å². The number of H-pyrrole nitrogens is 1. The summed E-state index contributed by atoms with van der Waals surface area (Å²) in [6, 6.07) is 11.9. The third kappa shape index (κ3) is 3.01. The Morgan fingerprint density at radius 3 is 2.80 bits per heavy atom. The molecular formula is C19H16ClN3OS. The first kappa shape index (κ1) is 16.1. The summed E-state index contributed by atoms with van der Waals surface area (Å²) in [6.45, 7) is 3.86. The third-order valence-corrected chi connectivity index (χ3v) is 5.39. The Bertz CT molecular complexity index is 1100. The average Bonchev–Trinajstić information content (AvgIpc) is 3.16. The number of amides is 1. The normalized spacial score (nSPS) is 12.6. The molecule has 0 fully saturated rings. The van der Waals surface area contributed by atoms with E-state index < -0.39 is 0 Å². The van der Waals surface area contributed by atoms with E-state index in [4.69, 9.17) is 11.6 Å². The van der Waals surface area contributed by atoms with Gasteiger partial charge < -0.3 is 10.3 Å². The molecule has 6 heteroatoms. The van der Waals surface area contributed by atoms with E-state index in [0.717, 1.165) is 32.2 Å². The number of aryl methyl sites for hydroxylation is 1. The monoisotopic (exact) mass is 369 g/mol. The fourth-order valence-corrected chi connectivity index (χ4v) is 3.78. The molecule has 0 unspecified atom stereocenters. The van der Waals surface area contributed by atoms with Crippen LogP contribution < -0.4 is 5.32 Å². The molecule has 0 aliphatic heterocycles. The van der Waals surface area contributed by atoms with Crippen LogP contribution in [0.25, 0.3) is 21.8 Å². The van der Waals surface area contributed by atoms with E-state index >= 15 is 0 Å². The Kier molecular flexibility index (Phi) is 3.98. The lowest BCUT2D eigenvalue weighted by atomic mass is 9.99. The van der Waals surface area contributed by atoms with Gasteiger partial charge in [0.25, 0.3) is 0 Å². The molecule has 25 heavy (non-hydrogen) atoms. The lowest BCUT2D eigenvalue weighted by Crippen LogP contribution is -2.18. The van der Waals surface area contributed by atoms with Crippen LogP contribution in [-0.2, 0) is 4.79 Å². The van der Waals surface area contributed by atoms with Gasteiger partial charge in [-0.25, -0.2) is 4.98 Å². The van der Waals surface area contributed by atoms with Gasteiger partial charge in [0, 0.05) is 37.9 Å². The SMILES string of the molecule is Cc1cnc(NC(=O)[C@@H](C)c2ccc3c(c2)[nH]c2ccc(Cl)cc23)s1. The fourth-order valence-electron chi connectivity index (χ4n) is 2.94. The highest BCUT2D eigenvalue weighted by molar-refractivity contribution is 7.15. The zero-order valence-electron chi connectivity index (χ0n) is 13.8. The molecule has 2 N–H and O–H groups in total. The molecule has 4 nitrogen and oxygen atoms in total. The highest BCUT2D eigenvalue weighted by Crippen LogP contribution is 2.30. The number of benzene rings is 2. The highest BCUT2D eigenvalue weighted by Gasteiger charge is 2.17. The standard InChI is InChI=1S/C19H16ClN3OS/c1-10-9-21-19(25-10)23-18(24)11(2)12-3-5-14-15-8-13(20)4-6-16(15)22-17(14)7-12/h3-9,11,22H,1-2H3,(H,21,23,24)/t11-/m0/s1. The number of nitrogens with zero attached hydrogens (tertiary/aromatic N) is 1. The summed E-state index contributed by atoms with van der Waals surface area (Å²) in [5, 5.41) is 6.42. The maximum atomic E-state index is 12.5. The smallest absolute Gasteiger partial charge is 0.233 e. The third-order valence-electron chi connectivity index (χ3n) is 4.33. The number of rotatable bonds is 3. The van der Waals surface area contributed by atoms with Crippen LogP contribution in [0.1, 0.15) is 23.3 Å². The number of hydrogen-bond donors (Lipinski definition) is 2. The number of anilines is 1. The van der Waals surface area contributed by atoms with Crippen LogP contribution in [0.3, 0.4) is 0 Å². The Hall–Kier alpha value is -2.37. The Morgan fingerprint density at radius 2 is 2.04 bits per heavy atom. The molecule has 4 aromatic rings. The largest absolute Gasteiger partial charge is 0.355 e. The van der Waals surface area contributed by atoms with E-state index in [0.29, 0.717) is 10.2 Å². The molecule has 2 aromatic heterocycles. The van der Waals surface area contributed by atoms with Crippen molar-refractivity contribution in [2.24, 2.45) is 0 Å². The number of fused-ring (bicyclic) bond motifs is 3. The molecular weight excluding hydrogens is 354 g/mol. The van der Waals surface area contributed by atoms with E-state index in [2.05, 4.69) is 15.3 Å². The Morgan fingerprint density at radius 1 is 1.20 bits per heavy atom. The maximum absolute atomic E-state index is 12.5. The quantitative estimate of drug-likeness (QED) is 0.502. The van der Waals surface area contributed by atoms with Crippen LogP contribution >= 0.6 is 22.9 Å². The van der Waals surface area contributed by atoms with Crippen LogP contribution in [0.2, 0.25) is 5.02 Å². The van der Waals surface area contributed by atoms with Gasteiger partial charge in [-0.2, -0.15) is 0 Å². The van der Waals surface area contributed by atoms with Gasteiger partial charge in [0.15, 0.2) is 5.13 Å². The first-order valence-corrected chi connectivity index (χ1v) is 9.15. The second kappa shape index (κ2) is 6.17. The molecule has 126 valence electrons. The van der Waals surface area contributed by atoms with Gasteiger partial charge in [-0.3, -0.25) is 4.79 Å². The van der Waals surface area contributed by atoms with Gasteiger partial charge in [0.2, 0.25) is 5.91 Å². The second-order valence-electron chi connectivity index (χ2n) is 6.11. The molecule has 1 atom stereocenters. The van der Waals surface area contributed by atoms with Crippen molar-refractivity contribution < 1.29 is 4.79 Å². The van der Waals surface area contributed by atoms with Gasteiger partial charge in [-0.1, -0.05) is 23.7 Å². The van der Waals surface area contributed by atoms with E-state index in [9.17, 15) is 4.79 Å². The van der Waals surface area contributed by atoms with Crippen molar-refractivity contribution in [1.29, 1.82) is 0 Å². The summed E-state index contributed by atoms with van der Waals surface area (Å²) < 4.78 is 0. The summed E-state index contributed by atoms with van der Waals surface area (Å²) in [5.74, 6) is -0.337. The number of thiazole rings is 1. The predicted octanol–water partition coefficient (Wildman–Crippen LogP) is 5.48. The number of nitrogens with one attached hydrogen (secondary N) is 2. The number of hydrogen-bond acceptors (Lipinski definition) is 3. The van der Waals surface area contributed by atoms with Crippen LogP contribution in [0.4, 0.5) is 5.13 Å². The molecule has 1 amide bonds. The molecule has 0 saturated heterocycles. The van der Waals surface area contributed by atoms with Crippen LogP contribution in [0, 0.1) is 6.92 Å². The minimum absolute atomic E-state index is 0.0622. The first-order chi connectivity index (χ1) is 12.0. The zero-order valence-corrected chi connectivity index (χ0v) is 15.3. The summed E-state index contributed by atoms with van der Waals surface area (Å²) in [6.07, 6.45) is 1.76. The molecule has 0 radical (unpaired) electrons. The molecule has 0 saturated carbocycles. The van der Waals surface area contributed by atoms with Crippen molar-refractivity contribution in [2.45, 2.75) is 19.8 Å². The molecule has 0 bridgehead atoms. The molecule has 0 aliphatic rings. The number of carbonyl (C=O) groups excluding carboxylic acids is 1. The summed E-state index contributed by atoms with van der Waals surface area (Å²) in [4.78, 5) is 21.2. The number of carbonyl (C=O) groups is 1. The van der Waals surface area contributed by atoms with Gasteiger partial charge in [-0.15, -0.1) is 11.3 Å². The van der Waals surface area contributed by atoms with Gasteiger partial charge >= 0.3 is 0 Å². The molecule has 2 aromatic carbocycles.